The number of aryl methyl sites for hydroxylation is 1. The summed E-state index contributed by atoms with van der Waals surface area (Å²) in [6.07, 6.45) is 2.93. The van der Waals surface area contributed by atoms with Crippen LogP contribution in [0.3, 0.4) is 0 Å². The Hall–Kier alpha value is -1.55. The summed E-state index contributed by atoms with van der Waals surface area (Å²) in [7, 11) is 0. The van der Waals surface area contributed by atoms with E-state index in [0.717, 1.165) is 30.8 Å². The Balaban J connectivity index is 1.84. The van der Waals surface area contributed by atoms with E-state index in [2.05, 4.69) is 0 Å². The summed E-state index contributed by atoms with van der Waals surface area (Å²) in [6, 6.07) is 7.63. The smallest absolute Gasteiger partial charge is 0.303 e. The maximum absolute atomic E-state index is 10.5. The molecule has 1 heterocycles. The molecular weight excluding hydrogens is 232 g/mol. The topological polar surface area (TPSA) is 55.8 Å². The van der Waals surface area contributed by atoms with Crippen LogP contribution in [-0.2, 0) is 16.0 Å². The Morgan fingerprint density at radius 1 is 1.39 bits per heavy atom. The number of ether oxygens (including phenoxy) is 2. The largest absolute Gasteiger partial charge is 0.488 e. The first kappa shape index (κ1) is 12.9. The predicted octanol–water partition coefficient (Wildman–Crippen LogP) is 2.26. The fourth-order valence-corrected chi connectivity index (χ4v) is 1.98. The van der Waals surface area contributed by atoms with Crippen LogP contribution in [0.25, 0.3) is 0 Å². The molecule has 2 rings (SSSR count). The number of carbonyl (C=O) groups is 1. The molecule has 1 aromatic rings. The van der Waals surface area contributed by atoms with E-state index in [1.54, 1.807) is 0 Å². The van der Waals surface area contributed by atoms with E-state index in [9.17, 15) is 4.79 Å². The Kier molecular flexibility index (Phi) is 4.59. The van der Waals surface area contributed by atoms with Crippen molar-refractivity contribution in [3.8, 4) is 5.75 Å². The number of rotatable bonds is 5. The van der Waals surface area contributed by atoms with Crippen LogP contribution in [-0.4, -0.2) is 30.4 Å². The minimum atomic E-state index is -0.769. The van der Waals surface area contributed by atoms with Crippen molar-refractivity contribution in [1.29, 1.82) is 0 Å². The van der Waals surface area contributed by atoms with E-state index < -0.39 is 5.97 Å². The maximum atomic E-state index is 10.5. The molecule has 0 bridgehead atoms. The first-order valence-electron chi connectivity index (χ1n) is 6.29. The van der Waals surface area contributed by atoms with E-state index in [-0.39, 0.29) is 12.5 Å². The second-order valence-electron chi connectivity index (χ2n) is 4.49. The Bertz CT molecular complexity index is 379. The first-order chi connectivity index (χ1) is 8.74. The van der Waals surface area contributed by atoms with Gasteiger partial charge in [0.05, 0.1) is 6.61 Å². The van der Waals surface area contributed by atoms with E-state index >= 15 is 0 Å². The molecule has 0 aromatic heterocycles. The van der Waals surface area contributed by atoms with Crippen LogP contribution in [0.4, 0.5) is 0 Å². The zero-order valence-electron chi connectivity index (χ0n) is 10.3. The standard InChI is InChI=1S/C14H18O4/c15-14(16)8-5-11-3-6-12(7-4-11)18-13-2-1-9-17-10-13/h3-4,6-7,13H,1-2,5,8-10H2,(H,15,16). The Labute approximate surface area is 107 Å². The van der Waals surface area contributed by atoms with Crippen molar-refractivity contribution in [1.82, 2.24) is 0 Å². The fraction of sp³-hybridized carbons (Fsp3) is 0.500. The third kappa shape index (κ3) is 4.04. The average molecular weight is 250 g/mol. The van der Waals surface area contributed by atoms with E-state index in [1.807, 2.05) is 24.3 Å². The maximum Gasteiger partial charge on any atom is 0.303 e. The third-order valence-corrected chi connectivity index (χ3v) is 2.97. The normalized spacial score (nSPS) is 19.4. The van der Waals surface area contributed by atoms with Crippen LogP contribution in [0.15, 0.2) is 24.3 Å². The van der Waals surface area contributed by atoms with Crippen LogP contribution in [0.1, 0.15) is 24.8 Å². The molecule has 1 unspecified atom stereocenters. The van der Waals surface area contributed by atoms with E-state index in [1.165, 1.54) is 0 Å². The molecule has 0 saturated carbocycles. The van der Waals surface area contributed by atoms with Gasteiger partial charge in [-0.3, -0.25) is 4.79 Å². The Morgan fingerprint density at radius 3 is 2.78 bits per heavy atom. The number of benzene rings is 1. The van der Waals surface area contributed by atoms with Gasteiger partial charge in [0.2, 0.25) is 0 Å². The number of aliphatic carboxylic acids is 1. The summed E-state index contributed by atoms with van der Waals surface area (Å²) in [6.45, 7) is 1.48. The Morgan fingerprint density at radius 2 is 2.17 bits per heavy atom. The molecule has 18 heavy (non-hydrogen) atoms. The molecule has 0 radical (unpaired) electrons. The number of hydrogen-bond donors (Lipinski definition) is 1. The van der Waals surface area contributed by atoms with Crippen molar-refractivity contribution in [2.75, 3.05) is 13.2 Å². The summed E-state index contributed by atoms with van der Waals surface area (Å²) in [5.74, 6) is 0.0549. The van der Waals surface area contributed by atoms with E-state index in [4.69, 9.17) is 14.6 Å². The summed E-state index contributed by atoms with van der Waals surface area (Å²) < 4.78 is 11.1. The third-order valence-electron chi connectivity index (χ3n) is 2.97. The van der Waals surface area contributed by atoms with Gasteiger partial charge in [-0.15, -0.1) is 0 Å². The average Bonchev–Trinajstić information content (AvgIpc) is 2.39. The quantitative estimate of drug-likeness (QED) is 0.871. The van der Waals surface area contributed by atoms with Gasteiger partial charge in [-0.25, -0.2) is 0 Å². The van der Waals surface area contributed by atoms with Crippen molar-refractivity contribution >= 4 is 5.97 Å². The van der Waals surface area contributed by atoms with Gasteiger partial charge in [-0.05, 0) is 37.0 Å². The molecule has 4 nitrogen and oxygen atoms in total. The SMILES string of the molecule is O=C(O)CCc1ccc(OC2CCCOC2)cc1. The fourth-order valence-electron chi connectivity index (χ4n) is 1.98. The summed E-state index contributed by atoms with van der Waals surface area (Å²) >= 11 is 0. The van der Waals surface area contributed by atoms with Gasteiger partial charge in [0.25, 0.3) is 0 Å². The molecule has 1 aliphatic heterocycles. The van der Waals surface area contributed by atoms with Crippen LogP contribution in [0.2, 0.25) is 0 Å². The van der Waals surface area contributed by atoms with Crippen molar-refractivity contribution in [3.05, 3.63) is 29.8 Å². The minimum Gasteiger partial charge on any atom is -0.488 e. The summed E-state index contributed by atoms with van der Waals surface area (Å²) in [5.41, 5.74) is 1.02. The summed E-state index contributed by atoms with van der Waals surface area (Å²) in [4.78, 5) is 10.5. The van der Waals surface area contributed by atoms with Gasteiger partial charge in [-0.2, -0.15) is 0 Å². The lowest BCUT2D eigenvalue weighted by Crippen LogP contribution is -2.27. The van der Waals surface area contributed by atoms with Gasteiger partial charge in [-0.1, -0.05) is 12.1 Å². The number of hydrogen-bond acceptors (Lipinski definition) is 3. The number of carboxylic acids is 1. The van der Waals surface area contributed by atoms with Gasteiger partial charge in [0.1, 0.15) is 11.9 Å². The minimum absolute atomic E-state index is 0.142. The number of carboxylic acid groups (broad SMARTS) is 1. The van der Waals surface area contributed by atoms with Crippen molar-refractivity contribution in [2.24, 2.45) is 0 Å². The summed E-state index contributed by atoms with van der Waals surface area (Å²) in [5, 5.41) is 8.61. The van der Waals surface area contributed by atoms with Crippen LogP contribution in [0, 0.1) is 0 Å². The van der Waals surface area contributed by atoms with Gasteiger partial charge in [0, 0.05) is 13.0 Å². The molecule has 1 atom stereocenters. The lowest BCUT2D eigenvalue weighted by atomic mass is 10.1. The van der Waals surface area contributed by atoms with Gasteiger partial charge < -0.3 is 14.6 Å². The monoisotopic (exact) mass is 250 g/mol. The molecule has 1 aliphatic rings. The van der Waals surface area contributed by atoms with Gasteiger partial charge >= 0.3 is 5.97 Å². The lowest BCUT2D eigenvalue weighted by molar-refractivity contribution is -0.136. The van der Waals surface area contributed by atoms with Crippen LogP contribution < -0.4 is 4.74 Å². The zero-order chi connectivity index (χ0) is 12.8. The highest BCUT2D eigenvalue weighted by molar-refractivity contribution is 5.67. The second-order valence-corrected chi connectivity index (χ2v) is 4.49. The molecule has 1 N–H and O–H groups in total. The molecule has 0 spiro atoms. The molecule has 0 amide bonds. The lowest BCUT2D eigenvalue weighted by Gasteiger charge is -2.23. The van der Waals surface area contributed by atoms with Crippen molar-refractivity contribution in [3.63, 3.8) is 0 Å². The zero-order valence-corrected chi connectivity index (χ0v) is 10.3. The van der Waals surface area contributed by atoms with Crippen LogP contribution >= 0.6 is 0 Å². The molecular formula is C14H18O4. The molecule has 1 aromatic carbocycles. The predicted molar refractivity (Wildman–Crippen MR) is 66.9 cm³/mol. The van der Waals surface area contributed by atoms with E-state index in [0.29, 0.717) is 13.0 Å². The second kappa shape index (κ2) is 6.40. The first-order valence-corrected chi connectivity index (χ1v) is 6.29. The van der Waals surface area contributed by atoms with Crippen molar-refractivity contribution < 1.29 is 19.4 Å². The molecule has 1 saturated heterocycles. The molecule has 98 valence electrons. The molecule has 4 heteroatoms. The van der Waals surface area contributed by atoms with Crippen molar-refractivity contribution in [2.45, 2.75) is 31.8 Å². The highest BCUT2D eigenvalue weighted by Crippen LogP contribution is 2.18. The van der Waals surface area contributed by atoms with Gasteiger partial charge in [0.15, 0.2) is 0 Å². The van der Waals surface area contributed by atoms with Crippen LogP contribution in [0.5, 0.6) is 5.75 Å². The molecule has 1 fully saturated rings. The highest BCUT2D eigenvalue weighted by Gasteiger charge is 2.15. The molecule has 0 aliphatic carbocycles. The highest BCUT2D eigenvalue weighted by atomic mass is 16.5.